The SMILES string of the molecule is CC(C(=O)NC1CCCCC1)N(Cc1cccc(Cl)c1)C(=O)CN(c1ccc(Cl)c(C(F)(F)F)c1)S(C)(=O)=O. The molecule has 2 amide bonds. The van der Waals surface area contributed by atoms with Crippen molar-refractivity contribution in [3.63, 3.8) is 0 Å². The minimum Gasteiger partial charge on any atom is -0.352 e. The summed E-state index contributed by atoms with van der Waals surface area (Å²) in [5.41, 5.74) is -1.03. The van der Waals surface area contributed by atoms with E-state index in [0.717, 1.165) is 50.5 Å². The van der Waals surface area contributed by atoms with Crippen molar-refractivity contribution in [2.24, 2.45) is 0 Å². The molecule has 1 fully saturated rings. The lowest BCUT2D eigenvalue weighted by molar-refractivity contribution is -0.139. The topological polar surface area (TPSA) is 86.8 Å². The van der Waals surface area contributed by atoms with E-state index in [0.29, 0.717) is 21.0 Å². The molecule has 1 aliphatic rings. The number of carbonyl (C=O) groups excluding carboxylic acids is 2. The lowest BCUT2D eigenvalue weighted by Crippen LogP contribution is -2.53. The van der Waals surface area contributed by atoms with E-state index in [2.05, 4.69) is 5.32 Å². The number of hydrogen-bond donors (Lipinski definition) is 1. The predicted octanol–water partition coefficient (Wildman–Crippen LogP) is 5.64. The van der Waals surface area contributed by atoms with Crippen LogP contribution in [0.25, 0.3) is 0 Å². The number of rotatable bonds is 9. The zero-order valence-corrected chi connectivity index (χ0v) is 23.8. The fourth-order valence-electron chi connectivity index (χ4n) is 4.48. The number of benzene rings is 2. The van der Waals surface area contributed by atoms with Crippen molar-refractivity contribution in [2.45, 2.75) is 63.8 Å². The number of halogens is 5. The van der Waals surface area contributed by atoms with Crippen LogP contribution in [0.1, 0.15) is 50.2 Å². The first-order chi connectivity index (χ1) is 18.2. The van der Waals surface area contributed by atoms with Crippen LogP contribution in [0.15, 0.2) is 42.5 Å². The Kier molecular flexibility index (Phi) is 10.2. The molecule has 3 rings (SSSR count). The molecule has 7 nitrogen and oxygen atoms in total. The Hall–Kier alpha value is -2.50. The Morgan fingerprint density at radius 3 is 2.33 bits per heavy atom. The highest BCUT2D eigenvalue weighted by Crippen LogP contribution is 2.37. The van der Waals surface area contributed by atoms with Gasteiger partial charge in [-0.2, -0.15) is 13.2 Å². The molecule has 1 aliphatic carbocycles. The zero-order valence-electron chi connectivity index (χ0n) is 21.5. The lowest BCUT2D eigenvalue weighted by Gasteiger charge is -2.33. The van der Waals surface area contributed by atoms with Gasteiger partial charge < -0.3 is 10.2 Å². The quantitative estimate of drug-likeness (QED) is 0.399. The van der Waals surface area contributed by atoms with E-state index >= 15 is 0 Å². The number of sulfonamides is 1. The first-order valence-corrected chi connectivity index (χ1v) is 15.0. The first-order valence-electron chi connectivity index (χ1n) is 12.4. The van der Waals surface area contributed by atoms with Gasteiger partial charge in [-0.25, -0.2) is 8.42 Å². The van der Waals surface area contributed by atoms with Crippen LogP contribution in [0.5, 0.6) is 0 Å². The summed E-state index contributed by atoms with van der Waals surface area (Å²) in [6.45, 7) is 0.611. The molecule has 1 N–H and O–H groups in total. The van der Waals surface area contributed by atoms with Gasteiger partial charge in [-0.1, -0.05) is 54.6 Å². The summed E-state index contributed by atoms with van der Waals surface area (Å²) < 4.78 is 66.2. The number of amides is 2. The molecule has 1 atom stereocenters. The second-order valence-corrected chi connectivity index (χ2v) is 12.4. The minimum absolute atomic E-state index is 0.0285. The number of nitrogens with zero attached hydrogens (tertiary/aromatic N) is 2. The van der Waals surface area contributed by atoms with Crippen molar-refractivity contribution < 1.29 is 31.2 Å². The van der Waals surface area contributed by atoms with Crippen LogP contribution in [0.3, 0.4) is 0 Å². The van der Waals surface area contributed by atoms with E-state index < -0.39 is 51.2 Å². The van der Waals surface area contributed by atoms with Crippen molar-refractivity contribution >= 4 is 50.7 Å². The molecular formula is C26H30Cl2F3N3O4S. The molecule has 0 aliphatic heterocycles. The Morgan fingerprint density at radius 1 is 1.08 bits per heavy atom. The van der Waals surface area contributed by atoms with Crippen LogP contribution in [-0.4, -0.2) is 50.0 Å². The maximum absolute atomic E-state index is 13.6. The van der Waals surface area contributed by atoms with Crippen LogP contribution in [-0.2, 0) is 32.3 Å². The third kappa shape index (κ3) is 8.49. The standard InChI is InChI=1S/C26H30Cl2F3N3O4S/c1-17(25(36)32-20-9-4-3-5-10-20)33(15-18-7-6-8-19(27)13-18)24(35)16-34(39(2,37)38)21-11-12-23(28)22(14-21)26(29,30)31/h6-8,11-14,17,20H,3-5,9-10,15-16H2,1-2H3,(H,32,36). The number of hydrogen-bond acceptors (Lipinski definition) is 4. The lowest BCUT2D eigenvalue weighted by atomic mass is 9.95. The van der Waals surface area contributed by atoms with E-state index in [1.165, 1.54) is 11.8 Å². The molecule has 2 aromatic rings. The molecule has 13 heteroatoms. The summed E-state index contributed by atoms with van der Waals surface area (Å²) in [7, 11) is -4.22. The molecule has 1 saturated carbocycles. The normalized spacial score (nSPS) is 15.5. The average molecular weight is 609 g/mol. The van der Waals surface area contributed by atoms with E-state index in [1.807, 2.05) is 0 Å². The summed E-state index contributed by atoms with van der Waals surface area (Å²) in [6.07, 6.45) is 0.627. The summed E-state index contributed by atoms with van der Waals surface area (Å²) in [4.78, 5) is 28.0. The van der Waals surface area contributed by atoms with E-state index in [9.17, 15) is 31.2 Å². The molecule has 0 bridgehead atoms. The van der Waals surface area contributed by atoms with Crippen molar-refractivity contribution in [2.75, 3.05) is 17.1 Å². The molecular weight excluding hydrogens is 578 g/mol. The van der Waals surface area contributed by atoms with Crippen molar-refractivity contribution in [3.05, 3.63) is 63.6 Å². The van der Waals surface area contributed by atoms with Gasteiger partial charge in [0.05, 0.1) is 22.5 Å². The Bertz CT molecular complexity index is 1300. The third-order valence-electron chi connectivity index (χ3n) is 6.58. The Labute approximate surface area is 236 Å². The highest BCUT2D eigenvalue weighted by Gasteiger charge is 2.36. The Morgan fingerprint density at radius 2 is 1.74 bits per heavy atom. The second kappa shape index (κ2) is 12.8. The van der Waals surface area contributed by atoms with Gasteiger partial charge in [-0.15, -0.1) is 0 Å². The number of carbonyl (C=O) groups is 2. The van der Waals surface area contributed by atoms with E-state index in [1.54, 1.807) is 24.3 Å². The molecule has 1 unspecified atom stereocenters. The van der Waals surface area contributed by atoms with Gasteiger partial charge >= 0.3 is 6.18 Å². The predicted molar refractivity (Wildman–Crippen MR) is 145 cm³/mol. The van der Waals surface area contributed by atoms with Crippen LogP contribution in [0.2, 0.25) is 10.0 Å². The van der Waals surface area contributed by atoms with Crippen LogP contribution in [0, 0.1) is 0 Å². The van der Waals surface area contributed by atoms with Gasteiger partial charge in [0.2, 0.25) is 21.8 Å². The van der Waals surface area contributed by atoms with Gasteiger partial charge in [-0.05, 0) is 55.7 Å². The molecule has 0 radical (unpaired) electrons. The zero-order chi connectivity index (χ0) is 29.0. The van der Waals surface area contributed by atoms with E-state index in [4.69, 9.17) is 23.2 Å². The van der Waals surface area contributed by atoms with Gasteiger partial charge in [0.1, 0.15) is 12.6 Å². The fraction of sp³-hybridized carbons (Fsp3) is 0.462. The highest BCUT2D eigenvalue weighted by molar-refractivity contribution is 7.92. The summed E-state index contributed by atoms with van der Waals surface area (Å²) in [5, 5.41) is 2.76. The number of anilines is 1. The second-order valence-electron chi connectivity index (χ2n) is 9.60. The van der Waals surface area contributed by atoms with E-state index in [-0.39, 0.29) is 18.3 Å². The summed E-state index contributed by atoms with van der Waals surface area (Å²) >= 11 is 11.8. The van der Waals surface area contributed by atoms with Crippen molar-refractivity contribution in [1.82, 2.24) is 10.2 Å². The molecule has 214 valence electrons. The maximum atomic E-state index is 13.6. The highest BCUT2D eigenvalue weighted by atomic mass is 35.5. The van der Waals surface area contributed by atoms with Crippen molar-refractivity contribution in [1.29, 1.82) is 0 Å². The van der Waals surface area contributed by atoms with Gasteiger partial charge in [0.25, 0.3) is 0 Å². The molecule has 2 aromatic carbocycles. The minimum atomic E-state index is -4.84. The molecule has 0 heterocycles. The van der Waals surface area contributed by atoms with Crippen LogP contribution < -0.4 is 9.62 Å². The van der Waals surface area contributed by atoms with Crippen LogP contribution in [0.4, 0.5) is 18.9 Å². The maximum Gasteiger partial charge on any atom is 0.417 e. The first kappa shape index (κ1) is 31.0. The third-order valence-corrected chi connectivity index (χ3v) is 8.29. The number of nitrogens with one attached hydrogen (secondary N) is 1. The fourth-order valence-corrected chi connectivity index (χ4v) is 5.76. The molecule has 0 saturated heterocycles. The Balaban J connectivity index is 1.93. The van der Waals surface area contributed by atoms with Crippen molar-refractivity contribution in [3.8, 4) is 0 Å². The van der Waals surface area contributed by atoms with Gasteiger partial charge in [0.15, 0.2) is 0 Å². The van der Waals surface area contributed by atoms with Gasteiger partial charge in [-0.3, -0.25) is 13.9 Å². The molecule has 0 aromatic heterocycles. The molecule has 0 spiro atoms. The molecule has 39 heavy (non-hydrogen) atoms. The monoisotopic (exact) mass is 607 g/mol. The summed E-state index contributed by atoms with van der Waals surface area (Å²) in [6, 6.07) is 8.17. The largest absolute Gasteiger partial charge is 0.417 e. The summed E-state index contributed by atoms with van der Waals surface area (Å²) in [5.74, 6) is -1.19. The number of alkyl halides is 3. The average Bonchev–Trinajstić information content (AvgIpc) is 2.85. The van der Waals surface area contributed by atoms with Crippen LogP contribution >= 0.6 is 23.2 Å². The van der Waals surface area contributed by atoms with Gasteiger partial charge in [0, 0.05) is 17.6 Å². The smallest absolute Gasteiger partial charge is 0.352 e.